The van der Waals surface area contributed by atoms with Crippen LogP contribution in [0.1, 0.15) is 33.6 Å². The fourth-order valence-corrected chi connectivity index (χ4v) is 3.66. The number of fused-ring (bicyclic) bond motifs is 1. The third-order valence-electron chi connectivity index (χ3n) is 4.93. The summed E-state index contributed by atoms with van der Waals surface area (Å²) in [4.78, 5) is 18.4. The molecule has 135 valence electrons. The van der Waals surface area contributed by atoms with Crippen LogP contribution in [0.25, 0.3) is 11.0 Å². The third kappa shape index (κ3) is 3.73. The molecule has 1 aliphatic heterocycles. The highest BCUT2D eigenvalue weighted by atomic mass is 19.1. The maximum absolute atomic E-state index is 13.9. The van der Waals surface area contributed by atoms with E-state index in [-0.39, 0.29) is 22.0 Å². The average molecular weight is 348 g/mol. The number of hydrogen-bond donors (Lipinski definition) is 0. The first-order chi connectivity index (χ1) is 11.8. The Morgan fingerprint density at radius 3 is 2.72 bits per heavy atom. The molecular weight excluding hydrogens is 324 g/mol. The molecule has 2 heterocycles. The van der Waals surface area contributed by atoms with Gasteiger partial charge in [-0.2, -0.15) is 0 Å². The van der Waals surface area contributed by atoms with Crippen molar-refractivity contribution in [2.75, 3.05) is 13.1 Å². The molecule has 1 fully saturated rings. The lowest BCUT2D eigenvalue weighted by Crippen LogP contribution is -2.48. The first-order valence-electron chi connectivity index (χ1n) is 8.67. The number of benzene rings is 1. The molecule has 0 spiro atoms. The summed E-state index contributed by atoms with van der Waals surface area (Å²) >= 11 is 0. The van der Waals surface area contributed by atoms with E-state index >= 15 is 0 Å². The molecule has 1 unspecified atom stereocenters. The summed E-state index contributed by atoms with van der Waals surface area (Å²) < 4.78 is 29.0. The molecule has 1 aromatic carbocycles. The second-order valence-electron chi connectivity index (χ2n) is 7.73. The van der Waals surface area contributed by atoms with Gasteiger partial charge >= 0.3 is 0 Å². The van der Waals surface area contributed by atoms with Crippen LogP contribution in [0.4, 0.5) is 8.78 Å². The number of likely N-dealkylation sites (tertiary alicyclic amines) is 1. The fraction of sp³-hybridized carbons (Fsp3) is 0.526. The maximum atomic E-state index is 13.9. The quantitative estimate of drug-likeness (QED) is 0.853. The van der Waals surface area contributed by atoms with Crippen molar-refractivity contribution in [3.63, 3.8) is 0 Å². The summed E-state index contributed by atoms with van der Waals surface area (Å²) in [5.41, 5.74) is 0.0232. The first-order valence-corrected chi connectivity index (χ1v) is 8.67. The van der Waals surface area contributed by atoms with Gasteiger partial charge in [-0.05, 0) is 31.2 Å². The Hall–Kier alpha value is -1.82. The van der Waals surface area contributed by atoms with Crippen LogP contribution in [0.3, 0.4) is 0 Å². The van der Waals surface area contributed by atoms with E-state index in [0.717, 1.165) is 31.6 Å². The molecular formula is C19H24F2N3O. The topological polar surface area (TPSA) is 38.1 Å². The van der Waals surface area contributed by atoms with Gasteiger partial charge in [0.15, 0.2) is 5.82 Å². The summed E-state index contributed by atoms with van der Waals surface area (Å²) in [5, 5.41) is 0. The molecule has 2 aromatic rings. The van der Waals surface area contributed by atoms with E-state index in [9.17, 15) is 13.6 Å². The van der Waals surface area contributed by atoms with E-state index < -0.39 is 11.6 Å². The molecule has 1 aromatic heterocycles. The van der Waals surface area contributed by atoms with Crippen molar-refractivity contribution >= 4 is 11.0 Å². The van der Waals surface area contributed by atoms with Crippen LogP contribution in [0.5, 0.6) is 0 Å². The Kier molecular flexibility index (Phi) is 4.91. The van der Waals surface area contributed by atoms with Gasteiger partial charge in [0.2, 0.25) is 0 Å². The van der Waals surface area contributed by atoms with Gasteiger partial charge in [-0.25, -0.2) is 13.8 Å². The molecule has 0 saturated carbocycles. The lowest BCUT2D eigenvalue weighted by atomic mass is 9.80. The van der Waals surface area contributed by atoms with E-state index in [0.29, 0.717) is 19.1 Å². The summed E-state index contributed by atoms with van der Waals surface area (Å²) in [5.74, 6) is -1.45. The van der Waals surface area contributed by atoms with Crippen LogP contribution in [0.15, 0.2) is 23.1 Å². The van der Waals surface area contributed by atoms with Crippen LogP contribution in [-0.2, 0) is 6.54 Å². The predicted molar refractivity (Wildman–Crippen MR) is 94.3 cm³/mol. The van der Waals surface area contributed by atoms with E-state index in [1.54, 1.807) is 0 Å². The zero-order valence-corrected chi connectivity index (χ0v) is 14.9. The van der Waals surface area contributed by atoms with Crippen LogP contribution in [0.2, 0.25) is 0 Å². The van der Waals surface area contributed by atoms with Crippen LogP contribution in [-0.4, -0.2) is 33.6 Å². The molecule has 4 nitrogen and oxygen atoms in total. The van der Waals surface area contributed by atoms with Gasteiger partial charge in [0.1, 0.15) is 11.3 Å². The first kappa shape index (κ1) is 18.0. The molecule has 0 aliphatic carbocycles. The second kappa shape index (κ2) is 6.83. The molecule has 1 atom stereocenters. The number of hydrogen-bond acceptors (Lipinski definition) is 3. The zero-order chi connectivity index (χ0) is 18.2. The van der Waals surface area contributed by atoms with Gasteiger partial charge in [-0.1, -0.05) is 20.8 Å². The minimum Gasteiger partial charge on any atom is -0.304 e. The maximum Gasteiger partial charge on any atom is 0.269 e. The molecule has 6 heteroatoms. The van der Waals surface area contributed by atoms with Gasteiger partial charge in [-0.3, -0.25) is 9.69 Å². The third-order valence-corrected chi connectivity index (χ3v) is 4.93. The van der Waals surface area contributed by atoms with E-state index in [2.05, 4.69) is 37.1 Å². The van der Waals surface area contributed by atoms with Gasteiger partial charge in [0.25, 0.3) is 5.56 Å². The second-order valence-corrected chi connectivity index (χ2v) is 7.73. The largest absolute Gasteiger partial charge is 0.304 e. The van der Waals surface area contributed by atoms with E-state index in [1.165, 1.54) is 10.6 Å². The Bertz CT molecular complexity index is 826. The molecule has 0 bridgehead atoms. The number of rotatable bonds is 3. The van der Waals surface area contributed by atoms with Crippen molar-refractivity contribution in [3.05, 3.63) is 46.7 Å². The molecule has 1 saturated heterocycles. The lowest BCUT2D eigenvalue weighted by Gasteiger charge is -2.43. The molecule has 0 amide bonds. The van der Waals surface area contributed by atoms with Crippen LogP contribution in [0, 0.1) is 23.5 Å². The summed E-state index contributed by atoms with van der Waals surface area (Å²) in [6.45, 7) is 8.61. The number of aromatic nitrogens is 2. The summed E-state index contributed by atoms with van der Waals surface area (Å²) in [7, 11) is 0. The van der Waals surface area contributed by atoms with Crippen molar-refractivity contribution < 1.29 is 8.78 Å². The molecule has 3 rings (SSSR count). The Labute approximate surface area is 146 Å². The van der Waals surface area contributed by atoms with Crippen LogP contribution >= 0.6 is 0 Å². The number of nitrogens with zero attached hydrogens (tertiary/aromatic N) is 3. The van der Waals surface area contributed by atoms with Crippen molar-refractivity contribution in [3.8, 4) is 0 Å². The summed E-state index contributed by atoms with van der Waals surface area (Å²) in [6.07, 6.45) is 5.44. The Balaban J connectivity index is 1.90. The van der Waals surface area contributed by atoms with Crippen molar-refractivity contribution in [1.82, 2.24) is 14.5 Å². The number of piperidine rings is 1. The van der Waals surface area contributed by atoms with E-state index in [1.807, 2.05) is 0 Å². The lowest BCUT2D eigenvalue weighted by molar-refractivity contribution is 0.0776. The average Bonchev–Trinajstić information content (AvgIpc) is 2.53. The summed E-state index contributed by atoms with van der Waals surface area (Å²) in [6, 6.07) is 2.36. The highest BCUT2D eigenvalue weighted by Gasteiger charge is 2.32. The molecule has 1 aliphatic rings. The van der Waals surface area contributed by atoms with Gasteiger partial charge < -0.3 is 4.57 Å². The SMILES string of the molecule is CC(C)(C)C1C[CH]CCN1CCn1c(=O)cnc2c(F)cc(F)cc21. The van der Waals surface area contributed by atoms with Crippen molar-refractivity contribution in [2.24, 2.45) is 5.41 Å². The zero-order valence-electron chi connectivity index (χ0n) is 14.9. The van der Waals surface area contributed by atoms with Gasteiger partial charge in [0.05, 0.1) is 11.7 Å². The van der Waals surface area contributed by atoms with Crippen LogP contribution < -0.4 is 5.56 Å². The monoisotopic (exact) mass is 348 g/mol. The van der Waals surface area contributed by atoms with E-state index in [4.69, 9.17) is 0 Å². The smallest absolute Gasteiger partial charge is 0.269 e. The van der Waals surface area contributed by atoms with Gasteiger partial charge in [-0.15, -0.1) is 0 Å². The number of halogens is 2. The molecule has 1 radical (unpaired) electrons. The fourth-order valence-electron chi connectivity index (χ4n) is 3.66. The highest BCUT2D eigenvalue weighted by Crippen LogP contribution is 2.31. The molecule has 25 heavy (non-hydrogen) atoms. The Morgan fingerprint density at radius 2 is 2.00 bits per heavy atom. The predicted octanol–water partition coefficient (Wildman–Crippen LogP) is 3.39. The van der Waals surface area contributed by atoms with Gasteiger partial charge in [0, 0.05) is 31.3 Å². The standard InChI is InChI=1S/C19H24F2N3O/c1-19(2,3)16-6-4-5-7-23(16)8-9-24-15-11-13(20)10-14(21)18(15)22-12-17(24)25/h4,10-12,16H,5-9H2,1-3H3. The Morgan fingerprint density at radius 1 is 1.24 bits per heavy atom. The minimum atomic E-state index is -0.746. The minimum absolute atomic E-state index is 0.0281. The normalized spacial score (nSPS) is 19.5. The van der Waals surface area contributed by atoms with Crippen molar-refractivity contribution in [1.29, 1.82) is 0 Å². The highest BCUT2D eigenvalue weighted by molar-refractivity contribution is 5.75. The van der Waals surface area contributed by atoms with Crippen molar-refractivity contribution in [2.45, 2.75) is 46.2 Å². The molecule has 0 N–H and O–H groups in total.